The van der Waals surface area contributed by atoms with Crippen LogP contribution in [0.2, 0.25) is 0 Å². The number of thioether (sulfide) groups is 1. The Bertz CT molecular complexity index is 200. The van der Waals surface area contributed by atoms with E-state index in [0.717, 1.165) is 5.03 Å². The molecule has 0 aliphatic rings. The van der Waals surface area contributed by atoms with Gasteiger partial charge in [-0.2, -0.15) is 0 Å². The molecule has 48 valence electrons. The molecule has 0 saturated carbocycles. The Morgan fingerprint density at radius 3 is 2.78 bits per heavy atom. The fourth-order valence-electron chi connectivity index (χ4n) is 0.544. The van der Waals surface area contributed by atoms with Crippen molar-refractivity contribution >= 4 is 17.6 Å². The Morgan fingerprint density at radius 2 is 2.33 bits per heavy atom. The number of rotatable bonds is 1. The van der Waals surface area contributed by atoms with E-state index in [9.17, 15) is 0 Å². The lowest BCUT2D eigenvalue weighted by Crippen LogP contribution is -1.88. The van der Waals surface area contributed by atoms with Crippen molar-refractivity contribution < 1.29 is 0 Å². The number of nitrogen functional groups attached to an aromatic ring is 1. The first-order valence-electron chi connectivity index (χ1n) is 2.59. The highest BCUT2D eigenvalue weighted by molar-refractivity contribution is 7.98. The summed E-state index contributed by atoms with van der Waals surface area (Å²) in [5.74, 6) is 0.585. The van der Waals surface area contributed by atoms with Crippen molar-refractivity contribution in [3.05, 3.63) is 18.2 Å². The van der Waals surface area contributed by atoms with E-state index in [4.69, 9.17) is 5.73 Å². The van der Waals surface area contributed by atoms with Crippen molar-refractivity contribution in [2.45, 2.75) is 5.03 Å². The quantitative estimate of drug-likeness (QED) is 0.599. The first-order valence-corrected chi connectivity index (χ1v) is 3.82. The van der Waals surface area contributed by atoms with Gasteiger partial charge in [-0.25, -0.2) is 4.98 Å². The summed E-state index contributed by atoms with van der Waals surface area (Å²) in [6, 6.07) is 5.61. The Balaban J connectivity index is 2.94. The number of aromatic nitrogens is 1. The molecule has 2 N–H and O–H groups in total. The third-order valence-electron chi connectivity index (χ3n) is 0.954. The standard InChI is InChI=1S/C6H8N2S/c1-9-6-4-2-3-5(7)8-6/h2-4H,1H3,(H2,7,8). The summed E-state index contributed by atoms with van der Waals surface area (Å²) in [7, 11) is 0. The molecular weight excluding hydrogens is 132 g/mol. The van der Waals surface area contributed by atoms with Crippen LogP contribution in [0.4, 0.5) is 5.82 Å². The van der Waals surface area contributed by atoms with Crippen LogP contribution in [-0.2, 0) is 0 Å². The Morgan fingerprint density at radius 1 is 1.56 bits per heavy atom. The van der Waals surface area contributed by atoms with Crippen LogP contribution in [0.25, 0.3) is 0 Å². The van der Waals surface area contributed by atoms with Gasteiger partial charge in [0.25, 0.3) is 0 Å². The second-order valence-electron chi connectivity index (χ2n) is 1.60. The average Bonchev–Trinajstić information content (AvgIpc) is 1.88. The molecule has 0 saturated heterocycles. The highest BCUT2D eigenvalue weighted by Crippen LogP contribution is 2.11. The molecule has 0 aliphatic carbocycles. The summed E-state index contributed by atoms with van der Waals surface area (Å²) in [6.07, 6.45) is 1.97. The molecule has 1 aromatic heterocycles. The van der Waals surface area contributed by atoms with Crippen molar-refractivity contribution in [2.75, 3.05) is 12.0 Å². The molecule has 0 fully saturated rings. The third kappa shape index (κ3) is 1.61. The highest BCUT2D eigenvalue weighted by atomic mass is 32.2. The van der Waals surface area contributed by atoms with Crippen molar-refractivity contribution in [1.82, 2.24) is 4.98 Å². The molecule has 1 aromatic rings. The summed E-state index contributed by atoms with van der Waals surface area (Å²) in [5.41, 5.74) is 5.41. The second kappa shape index (κ2) is 2.73. The van der Waals surface area contributed by atoms with E-state index in [-0.39, 0.29) is 0 Å². The SMILES string of the molecule is CSc1cccc(N)n1. The molecule has 0 spiro atoms. The minimum Gasteiger partial charge on any atom is -0.384 e. The van der Waals surface area contributed by atoms with E-state index in [1.165, 1.54) is 0 Å². The van der Waals surface area contributed by atoms with Gasteiger partial charge in [0.2, 0.25) is 0 Å². The predicted octanol–water partition coefficient (Wildman–Crippen LogP) is 1.39. The Labute approximate surface area is 58.5 Å². The van der Waals surface area contributed by atoms with E-state index in [1.807, 2.05) is 18.4 Å². The molecule has 1 heterocycles. The average molecular weight is 140 g/mol. The first-order chi connectivity index (χ1) is 4.33. The van der Waals surface area contributed by atoms with Crippen LogP contribution in [0, 0.1) is 0 Å². The second-order valence-corrected chi connectivity index (χ2v) is 2.43. The van der Waals surface area contributed by atoms with Gasteiger partial charge in [0.15, 0.2) is 0 Å². The summed E-state index contributed by atoms with van der Waals surface area (Å²) in [4.78, 5) is 4.03. The van der Waals surface area contributed by atoms with E-state index in [1.54, 1.807) is 17.8 Å². The molecule has 0 aliphatic heterocycles. The fourth-order valence-corrected chi connectivity index (χ4v) is 0.956. The van der Waals surface area contributed by atoms with Crippen LogP contribution >= 0.6 is 11.8 Å². The zero-order chi connectivity index (χ0) is 6.69. The maximum atomic E-state index is 5.41. The van der Waals surface area contributed by atoms with Crippen molar-refractivity contribution in [3.8, 4) is 0 Å². The summed E-state index contributed by atoms with van der Waals surface area (Å²) in [5, 5.41) is 0.968. The highest BCUT2D eigenvalue weighted by Gasteiger charge is 1.88. The van der Waals surface area contributed by atoms with Crippen LogP contribution in [0.1, 0.15) is 0 Å². The molecular formula is C6H8N2S. The van der Waals surface area contributed by atoms with Crippen LogP contribution < -0.4 is 5.73 Å². The molecule has 0 amide bonds. The number of nitrogens with two attached hydrogens (primary N) is 1. The van der Waals surface area contributed by atoms with Crippen LogP contribution in [-0.4, -0.2) is 11.2 Å². The monoisotopic (exact) mass is 140 g/mol. The zero-order valence-corrected chi connectivity index (χ0v) is 5.98. The van der Waals surface area contributed by atoms with Crippen LogP contribution in [0.5, 0.6) is 0 Å². The van der Waals surface area contributed by atoms with Crippen molar-refractivity contribution in [1.29, 1.82) is 0 Å². The van der Waals surface area contributed by atoms with Gasteiger partial charge in [-0.15, -0.1) is 11.8 Å². The number of nitrogens with zero attached hydrogens (tertiary/aromatic N) is 1. The summed E-state index contributed by atoms with van der Waals surface area (Å²) < 4.78 is 0. The fraction of sp³-hybridized carbons (Fsp3) is 0.167. The van der Waals surface area contributed by atoms with Gasteiger partial charge < -0.3 is 5.73 Å². The smallest absolute Gasteiger partial charge is 0.124 e. The van der Waals surface area contributed by atoms with Gasteiger partial charge in [-0.05, 0) is 18.4 Å². The van der Waals surface area contributed by atoms with Crippen LogP contribution in [0.3, 0.4) is 0 Å². The largest absolute Gasteiger partial charge is 0.384 e. The normalized spacial score (nSPS) is 9.44. The summed E-state index contributed by atoms with van der Waals surface area (Å²) >= 11 is 1.59. The topological polar surface area (TPSA) is 38.9 Å². The number of hydrogen-bond donors (Lipinski definition) is 1. The lowest BCUT2D eigenvalue weighted by Gasteiger charge is -1.93. The van der Waals surface area contributed by atoms with Gasteiger partial charge in [0.05, 0.1) is 5.03 Å². The lowest BCUT2D eigenvalue weighted by molar-refractivity contribution is 1.15. The molecule has 3 heteroatoms. The molecule has 9 heavy (non-hydrogen) atoms. The molecule has 1 rings (SSSR count). The molecule has 0 radical (unpaired) electrons. The molecule has 0 atom stereocenters. The predicted molar refractivity (Wildman–Crippen MR) is 40.4 cm³/mol. The molecule has 2 nitrogen and oxygen atoms in total. The minimum absolute atomic E-state index is 0.585. The van der Waals surface area contributed by atoms with Gasteiger partial charge in [-0.3, -0.25) is 0 Å². The van der Waals surface area contributed by atoms with E-state index < -0.39 is 0 Å². The van der Waals surface area contributed by atoms with Crippen molar-refractivity contribution in [2.24, 2.45) is 0 Å². The lowest BCUT2D eigenvalue weighted by atomic mass is 10.5. The molecule has 0 aromatic carbocycles. The zero-order valence-electron chi connectivity index (χ0n) is 5.16. The maximum Gasteiger partial charge on any atom is 0.124 e. The number of pyridine rings is 1. The first kappa shape index (κ1) is 6.42. The summed E-state index contributed by atoms with van der Waals surface area (Å²) in [6.45, 7) is 0. The minimum atomic E-state index is 0.585. The Hall–Kier alpha value is -0.700. The van der Waals surface area contributed by atoms with Gasteiger partial charge in [0, 0.05) is 0 Å². The van der Waals surface area contributed by atoms with Gasteiger partial charge in [-0.1, -0.05) is 6.07 Å². The number of anilines is 1. The van der Waals surface area contributed by atoms with E-state index in [0.29, 0.717) is 5.82 Å². The molecule has 0 unspecified atom stereocenters. The molecule has 0 bridgehead atoms. The van der Waals surface area contributed by atoms with Gasteiger partial charge in [0.1, 0.15) is 5.82 Å². The Kier molecular flexibility index (Phi) is 1.95. The number of hydrogen-bond acceptors (Lipinski definition) is 3. The van der Waals surface area contributed by atoms with Gasteiger partial charge >= 0.3 is 0 Å². The van der Waals surface area contributed by atoms with E-state index >= 15 is 0 Å². The van der Waals surface area contributed by atoms with Crippen LogP contribution in [0.15, 0.2) is 23.2 Å². The third-order valence-corrected chi connectivity index (χ3v) is 1.60. The van der Waals surface area contributed by atoms with Crippen molar-refractivity contribution in [3.63, 3.8) is 0 Å². The van der Waals surface area contributed by atoms with E-state index in [2.05, 4.69) is 4.98 Å². The maximum absolute atomic E-state index is 5.41.